The van der Waals surface area contributed by atoms with Crippen molar-refractivity contribution in [2.45, 2.75) is 9.79 Å². The topological polar surface area (TPSA) is 0 Å². The van der Waals surface area contributed by atoms with Gasteiger partial charge >= 0.3 is 0 Å². The Labute approximate surface area is 242 Å². The van der Waals surface area contributed by atoms with E-state index < -0.39 is 0 Å². The fourth-order valence-electron chi connectivity index (χ4n) is 6.84. The van der Waals surface area contributed by atoms with Crippen LogP contribution in [0, 0.1) is 0 Å². The zero-order chi connectivity index (χ0) is 26.9. The van der Waals surface area contributed by atoms with Crippen LogP contribution in [0.2, 0.25) is 0 Å². The van der Waals surface area contributed by atoms with Gasteiger partial charge in [0.05, 0.1) is 0 Å². The molecular formula is C40H24S. The van der Waals surface area contributed by atoms with Gasteiger partial charge in [-0.2, -0.15) is 0 Å². The number of benzene rings is 8. The highest BCUT2D eigenvalue weighted by Crippen LogP contribution is 2.53. The molecule has 1 heteroatoms. The van der Waals surface area contributed by atoms with E-state index in [9.17, 15) is 0 Å². The minimum absolute atomic E-state index is 1.26. The number of rotatable bonds is 2. The first-order valence-corrected chi connectivity index (χ1v) is 14.9. The lowest BCUT2D eigenvalue weighted by atomic mass is 9.84. The third-order valence-electron chi connectivity index (χ3n) is 8.63. The minimum Gasteiger partial charge on any atom is -0.0881 e. The fourth-order valence-corrected chi connectivity index (χ4v) is 8.10. The largest absolute Gasteiger partial charge is 0.0881 e. The average molecular weight is 537 g/mol. The molecule has 1 aliphatic heterocycles. The summed E-state index contributed by atoms with van der Waals surface area (Å²) in [4.78, 5) is 2.67. The summed E-state index contributed by atoms with van der Waals surface area (Å²) >= 11 is 1.92. The summed E-state index contributed by atoms with van der Waals surface area (Å²) in [6, 6.07) is 53.7. The van der Waals surface area contributed by atoms with Crippen molar-refractivity contribution in [1.29, 1.82) is 0 Å². The summed E-state index contributed by atoms with van der Waals surface area (Å²) in [7, 11) is 0. The maximum absolute atomic E-state index is 2.35. The molecule has 0 atom stereocenters. The molecule has 9 rings (SSSR count). The van der Waals surface area contributed by atoms with Crippen LogP contribution in [-0.4, -0.2) is 0 Å². The van der Waals surface area contributed by atoms with Crippen molar-refractivity contribution >= 4 is 54.9 Å². The summed E-state index contributed by atoms with van der Waals surface area (Å²) in [5.74, 6) is 0. The molecule has 0 saturated carbocycles. The molecule has 0 radical (unpaired) electrons. The van der Waals surface area contributed by atoms with Crippen molar-refractivity contribution in [2.75, 3.05) is 0 Å². The van der Waals surface area contributed by atoms with Crippen LogP contribution in [0.4, 0.5) is 0 Å². The predicted octanol–water partition coefficient (Wildman–Crippen LogP) is 11.8. The van der Waals surface area contributed by atoms with E-state index >= 15 is 0 Å². The van der Waals surface area contributed by atoms with E-state index in [1.54, 1.807) is 0 Å². The molecule has 0 aromatic heterocycles. The first-order chi connectivity index (χ1) is 20.3. The van der Waals surface area contributed by atoms with Crippen LogP contribution in [0.1, 0.15) is 0 Å². The van der Waals surface area contributed by atoms with Gasteiger partial charge in [-0.3, -0.25) is 0 Å². The fraction of sp³-hybridized carbons (Fsp3) is 0. The molecule has 0 saturated heterocycles. The van der Waals surface area contributed by atoms with Gasteiger partial charge in [0, 0.05) is 15.2 Å². The molecule has 0 bridgehead atoms. The molecule has 1 aliphatic rings. The van der Waals surface area contributed by atoms with E-state index in [0.29, 0.717) is 0 Å². The predicted molar refractivity (Wildman–Crippen MR) is 177 cm³/mol. The van der Waals surface area contributed by atoms with E-state index in [-0.39, 0.29) is 0 Å². The second-order valence-electron chi connectivity index (χ2n) is 10.8. The Morgan fingerprint density at radius 2 is 0.951 bits per heavy atom. The first-order valence-electron chi connectivity index (χ1n) is 14.1. The van der Waals surface area contributed by atoms with Crippen LogP contribution in [0.5, 0.6) is 0 Å². The number of hydrogen-bond acceptors (Lipinski definition) is 1. The number of fused-ring (bicyclic) bond motifs is 5. The third-order valence-corrected chi connectivity index (χ3v) is 9.83. The first kappa shape index (κ1) is 22.9. The average Bonchev–Trinajstić information content (AvgIpc) is 3.04. The van der Waals surface area contributed by atoms with Crippen molar-refractivity contribution in [3.05, 3.63) is 146 Å². The highest BCUT2D eigenvalue weighted by molar-refractivity contribution is 8.00. The van der Waals surface area contributed by atoms with Crippen molar-refractivity contribution in [3.63, 3.8) is 0 Å². The van der Waals surface area contributed by atoms with Gasteiger partial charge in [-0.1, -0.05) is 145 Å². The molecule has 1 heterocycles. The molecule has 8 aromatic carbocycles. The Hall–Kier alpha value is -4.85. The Morgan fingerprint density at radius 1 is 0.366 bits per heavy atom. The quantitative estimate of drug-likeness (QED) is 0.198. The SMILES string of the molecule is c1ccc2c(c1)Sc1c(-c3c4ccccc4c(-c4ccc5ccccc5c4)c4ccccc34)ccc3cccc-2c13. The van der Waals surface area contributed by atoms with E-state index in [4.69, 9.17) is 0 Å². The lowest BCUT2D eigenvalue weighted by molar-refractivity contribution is 1.40. The summed E-state index contributed by atoms with van der Waals surface area (Å²) in [6.07, 6.45) is 0. The van der Waals surface area contributed by atoms with Gasteiger partial charge in [0.25, 0.3) is 0 Å². The third kappa shape index (κ3) is 3.36. The van der Waals surface area contributed by atoms with Gasteiger partial charge in [-0.15, -0.1) is 0 Å². The molecule has 0 nitrogen and oxygen atoms in total. The van der Waals surface area contributed by atoms with E-state index in [0.717, 1.165) is 0 Å². The highest BCUT2D eigenvalue weighted by Gasteiger charge is 2.24. The van der Waals surface area contributed by atoms with Crippen LogP contribution < -0.4 is 0 Å². The molecule has 190 valence electrons. The summed E-state index contributed by atoms with van der Waals surface area (Å²) < 4.78 is 0. The standard InChI is InChI=1S/C40H24S/c1-2-11-27-24-28(21-20-25(27)10-1)37-31-14-3-5-16-33(31)39(34-17-6-4-15-32(34)37)35-23-22-26-12-9-18-30-29-13-7-8-19-36(29)41-40(35)38(26)30/h1-24H. The summed E-state index contributed by atoms with van der Waals surface area (Å²) in [5.41, 5.74) is 7.84. The maximum atomic E-state index is 2.35. The zero-order valence-electron chi connectivity index (χ0n) is 22.3. The zero-order valence-corrected chi connectivity index (χ0v) is 23.1. The lowest BCUT2D eigenvalue weighted by Gasteiger charge is -2.24. The van der Waals surface area contributed by atoms with Gasteiger partial charge in [-0.25, -0.2) is 0 Å². The van der Waals surface area contributed by atoms with Gasteiger partial charge in [0.1, 0.15) is 0 Å². The van der Waals surface area contributed by atoms with Gasteiger partial charge in [-0.05, 0) is 83.2 Å². The van der Waals surface area contributed by atoms with Crippen molar-refractivity contribution in [2.24, 2.45) is 0 Å². The smallest absolute Gasteiger partial charge is 0.0286 e. The summed E-state index contributed by atoms with van der Waals surface area (Å²) in [5, 5.41) is 10.4. The molecular weight excluding hydrogens is 513 g/mol. The van der Waals surface area contributed by atoms with E-state index in [1.807, 2.05) is 11.8 Å². The molecule has 0 fully saturated rings. The van der Waals surface area contributed by atoms with Crippen LogP contribution >= 0.6 is 11.8 Å². The minimum atomic E-state index is 1.26. The molecule has 0 unspecified atom stereocenters. The van der Waals surface area contributed by atoms with Crippen molar-refractivity contribution in [3.8, 4) is 33.4 Å². The summed E-state index contributed by atoms with van der Waals surface area (Å²) in [6.45, 7) is 0. The lowest BCUT2D eigenvalue weighted by Crippen LogP contribution is -1.97. The van der Waals surface area contributed by atoms with Crippen molar-refractivity contribution in [1.82, 2.24) is 0 Å². The monoisotopic (exact) mass is 536 g/mol. The van der Waals surface area contributed by atoms with Crippen LogP contribution in [0.25, 0.3) is 76.5 Å². The molecule has 41 heavy (non-hydrogen) atoms. The van der Waals surface area contributed by atoms with Crippen LogP contribution in [-0.2, 0) is 0 Å². The van der Waals surface area contributed by atoms with Crippen molar-refractivity contribution < 1.29 is 0 Å². The van der Waals surface area contributed by atoms with Crippen LogP contribution in [0.15, 0.2) is 155 Å². The second kappa shape index (κ2) is 8.83. The molecule has 0 aliphatic carbocycles. The Morgan fingerprint density at radius 3 is 1.73 bits per heavy atom. The second-order valence-corrected chi connectivity index (χ2v) is 11.9. The molecule has 8 aromatic rings. The van der Waals surface area contributed by atoms with Crippen LogP contribution in [0.3, 0.4) is 0 Å². The molecule has 0 amide bonds. The molecule has 0 spiro atoms. The van der Waals surface area contributed by atoms with E-state index in [1.165, 1.54) is 86.3 Å². The maximum Gasteiger partial charge on any atom is 0.0286 e. The number of hydrogen-bond donors (Lipinski definition) is 0. The van der Waals surface area contributed by atoms with Gasteiger partial charge in [0.15, 0.2) is 0 Å². The normalized spacial score (nSPS) is 12.3. The van der Waals surface area contributed by atoms with Gasteiger partial charge < -0.3 is 0 Å². The highest BCUT2D eigenvalue weighted by atomic mass is 32.2. The Bertz CT molecular complexity index is 2290. The Kier molecular flexibility index (Phi) is 4.93. The van der Waals surface area contributed by atoms with E-state index in [2.05, 4.69) is 146 Å². The molecule has 0 N–H and O–H groups in total. The van der Waals surface area contributed by atoms with Gasteiger partial charge in [0.2, 0.25) is 0 Å². The Balaban J connectivity index is 1.41.